The largest absolute Gasteiger partial charge is 0.336 e. The molecule has 0 radical (unpaired) electrons. The Morgan fingerprint density at radius 1 is 1.03 bits per heavy atom. The lowest BCUT2D eigenvalue weighted by molar-refractivity contribution is -0.155. The van der Waals surface area contributed by atoms with Crippen molar-refractivity contribution in [2.45, 2.75) is 50.6 Å². The highest BCUT2D eigenvalue weighted by molar-refractivity contribution is 5.92. The minimum atomic E-state index is -0.692. The van der Waals surface area contributed by atoms with Gasteiger partial charge in [0.05, 0.1) is 5.69 Å². The summed E-state index contributed by atoms with van der Waals surface area (Å²) in [7, 11) is 0. The maximum Gasteiger partial charge on any atom is 0.264 e. The fraction of sp³-hybridized carbons (Fsp3) is 0.455. The summed E-state index contributed by atoms with van der Waals surface area (Å²) < 4.78 is 0. The fourth-order valence-electron chi connectivity index (χ4n) is 4.63. The van der Waals surface area contributed by atoms with E-state index < -0.39 is 5.54 Å². The molecule has 29 heavy (non-hydrogen) atoms. The van der Waals surface area contributed by atoms with E-state index in [9.17, 15) is 14.4 Å². The predicted molar refractivity (Wildman–Crippen MR) is 108 cm³/mol. The van der Waals surface area contributed by atoms with Gasteiger partial charge < -0.3 is 9.80 Å². The van der Waals surface area contributed by atoms with E-state index in [1.807, 2.05) is 40.1 Å². The number of aryl methyl sites for hydroxylation is 1. The number of hydrogen-bond acceptors (Lipinski definition) is 4. The van der Waals surface area contributed by atoms with Crippen molar-refractivity contribution in [3.8, 4) is 0 Å². The Balaban J connectivity index is 1.46. The van der Waals surface area contributed by atoms with Crippen LogP contribution in [0.3, 0.4) is 0 Å². The molecule has 2 aliphatic heterocycles. The van der Waals surface area contributed by atoms with Crippen molar-refractivity contribution >= 4 is 11.8 Å². The smallest absolute Gasteiger partial charge is 0.264 e. The van der Waals surface area contributed by atoms with Gasteiger partial charge in [0.2, 0.25) is 11.8 Å². The molecule has 1 atom stereocenters. The summed E-state index contributed by atoms with van der Waals surface area (Å²) in [4.78, 5) is 41.3. The van der Waals surface area contributed by atoms with E-state index in [0.717, 1.165) is 37.8 Å². The first kappa shape index (κ1) is 19.4. The first-order valence-corrected chi connectivity index (χ1v) is 10.3. The zero-order chi connectivity index (χ0) is 20.3. The molecular formula is C22H26N4O3. The number of likely N-dealkylation sites (tertiary alicyclic amines) is 2. The maximum atomic E-state index is 13.5. The van der Waals surface area contributed by atoms with E-state index in [-0.39, 0.29) is 23.8 Å². The van der Waals surface area contributed by atoms with E-state index in [1.165, 1.54) is 6.07 Å². The number of piperidine rings is 1. The Labute approximate surface area is 169 Å². The van der Waals surface area contributed by atoms with Crippen LogP contribution in [0.25, 0.3) is 0 Å². The zero-order valence-electron chi connectivity index (χ0n) is 16.5. The Morgan fingerprint density at radius 2 is 1.79 bits per heavy atom. The number of aromatic nitrogens is 2. The first-order chi connectivity index (χ1) is 14.1. The van der Waals surface area contributed by atoms with Gasteiger partial charge in [0.15, 0.2) is 0 Å². The number of carbonyl (C=O) groups is 2. The second kappa shape index (κ2) is 8.19. The summed E-state index contributed by atoms with van der Waals surface area (Å²) in [6, 6.07) is 13.0. The highest BCUT2D eigenvalue weighted by Crippen LogP contribution is 2.39. The Morgan fingerprint density at radius 3 is 2.52 bits per heavy atom. The molecule has 2 aliphatic rings. The van der Waals surface area contributed by atoms with Crippen molar-refractivity contribution in [2.75, 3.05) is 13.1 Å². The lowest BCUT2D eigenvalue weighted by Gasteiger charge is -2.44. The topological polar surface area (TPSA) is 86.4 Å². The molecule has 0 saturated carbocycles. The van der Waals surface area contributed by atoms with Gasteiger partial charge in [-0.2, -0.15) is 5.10 Å². The van der Waals surface area contributed by atoms with Gasteiger partial charge in [-0.15, -0.1) is 0 Å². The van der Waals surface area contributed by atoms with E-state index in [4.69, 9.17) is 0 Å². The molecule has 2 fully saturated rings. The summed E-state index contributed by atoms with van der Waals surface area (Å²) >= 11 is 0. The van der Waals surface area contributed by atoms with E-state index in [1.54, 1.807) is 6.07 Å². The monoisotopic (exact) mass is 394 g/mol. The number of nitrogens with zero attached hydrogens (tertiary/aromatic N) is 3. The molecule has 3 heterocycles. The molecule has 0 bridgehead atoms. The Kier molecular flexibility index (Phi) is 5.47. The molecule has 1 unspecified atom stereocenters. The van der Waals surface area contributed by atoms with Crippen molar-refractivity contribution in [1.29, 1.82) is 0 Å². The fourth-order valence-corrected chi connectivity index (χ4v) is 4.63. The molecule has 1 aromatic carbocycles. The molecule has 0 aliphatic carbocycles. The maximum absolute atomic E-state index is 13.5. The third-order valence-corrected chi connectivity index (χ3v) is 6.04. The van der Waals surface area contributed by atoms with Gasteiger partial charge >= 0.3 is 0 Å². The van der Waals surface area contributed by atoms with Crippen LogP contribution in [0.4, 0.5) is 0 Å². The molecule has 7 heteroatoms. The van der Waals surface area contributed by atoms with Gasteiger partial charge in [0.1, 0.15) is 5.54 Å². The molecule has 7 nitrogen and oxygen atoms in total. The highest BCUT2D eigenvalue weighted by Gasteiger charge is 2.52. The molecule has 1 spiro atoms. The normalized spacial score (nSPS) is 21.7. The first-order valence-electron chi connectivity index (χ1n) is 10.3. The van der Waals surface area contributed by atoms with E-state index >= 15 is 0 Å². The molecule has 2 aromatic rings. The third kappa shape index (κ3) is 3.95. The molecule has 1 aromatic heterocycles. The lowest BCUT2D eigenvalue weighted by atomic mass is 9.85. The van der Waals surface area contributed by atoms with Crippen LogP contribution in [-0.2, 0) is 22.6 Å². The molecule has 2 amide bonds. The van der Waals surface area contributed by atoms with Gasteiger partial charge in [-0.25, -0.2) is 5.10 Å². The van der Waals surface area contributed by atoms with Crippen LogP contribution in [0.15, 0.2) is 47.3 Å². The Bertz CT molecular complexity index is 922. The molecule has 4 rings (SSSR count). The summed E-state index contributed by atoms with van der Waals surface area (Å²) in [6.07, 6.45) is 3.97. The van der Waals surface area contributed by atoms with Crippen molar-refractivity contribution < 1.29 is 9.59 Å². The minimum absolute atomic E-state index is 0.00888. The second-order valence-electron chi connectivity index (χ2n) is 7.91. The minimum Gasteiger partial charge on any atom is -0.336 e. The number of amides is 2. The van der Waals surface area contributed by atoms with E-state index in [2.05, 4.69) is 10.2 Å². The second-order valence-corrected chi connectivity index (χ2v) is 7.91. The summed E-state index contributed by atoms with van der Waals surface area (Å²) in [6.45, 7) is 1.95. The quantitative estimate of drug-likeness (QED) is 0.839. The SMILES string of the molecule is O=C(CCc1ccc(=O)[nH]n1)N1CCCC12CCCN(Cc1ccccc1)C2=O. The standard InChI is InChI=1S/C22H26N4O3/c27-19-10-8-18(23-24-19)9-11-20(28)26-15-5-13-22(26)12-4-14-25(21(22)29)16-17-6-2-1-3-7-17/h1-3,6-8,10H,4-5,9,11-16H2,(H,24,27). The molecule has 2 saturated heterocycles. The van der Waals surface area contributed by atoms with Crippen molar-refractivity contribution in [3.63, 3.8) is 0 Å². The van der Waals surface area contributed by atoms with Crippen LogP contribution in [-0.4, -0.2) is 50.4 Å². The van der Waals surface area contributed by atoms with Crippen molar-refractivity contribution in [2.24, 2.45) is 0 Å². The average Bonchev–Trinajstić information content (AvgIpc) is 3.16. The van der Waals surface area contributed by atoms with Crippen LogP contribution in [0, 0.1) is 0 Å². The van der Waals surface area contributed by atoms with Crippen LogP contribution in [0.5, 0.6) is 0 Å². The molecular weight excluding hydrogens is 368 g/mol. The number of aromatic amines is 1. The van der Waals surface area contributed by atoms with Crippen molar-refractivity contribution in [1.82, 2.24) is 20.0 Å². The summed E-state index contributed by atoms with van der Waals surface area (Å²) in [5, 5.41) is 6.37. The zero-order valence-corrected chi connectivity index (χ0v) is 16.5. The Hall–Kier alpha value is -2.96. The summed E-state index contributed by atoms with van der Waals surface area (Å²) in [5.74, 6) is 0.0750. The van der Waals surface area contributed by atoms with Gasteiger partial charge in [0, 0.05) is 38.5 Å². The number of rotatable bonds is 5. The van der Waals surface area contributed by atoms with E-state index in [0.29, 0.717) is 25.2 Å². The van der Waals surface area contributed by atoms with Gasteiger partial charge in [0.25, 0.3) is 5.56 Å². The van der Waals surface area contributed by atoms with Gasteiger partial charge in [-0.05, 0) is 37.3 Å². The molecule has 152 valence electrons. The number of nitrogens with one attached hydrogen (secondary N) is 1. The van der Waals surface area contributed by atoms with Gasteiger partial charge in [-0.1, -0.05) is 30.3 Å². The molecule has 1 N–H and O–H groups in total. The predicted octanol–water partition coefficient (Wildman–Crippen LogP) is 1.89. The average molecular weight is 394 g/mol. The van der Waals surface area contributed by atoms with Crippen LogP contribution in [0.2, 0.25) is 0 Å². The van der Waals surface area contributed by atoms with Gasteiger partial charge in [-0.3, -0.25) is 14.4 Å². The number of hydrogen-bond donors (Lipinski definition) is 1. The van der Waals surface area contributed by atoms with Crippen molar-refractivity contribution in [3.05, 3.63) is 64.1 Å². The number of benzene rings is 1. The van der Waals surface area contributed by atoms with Crippen LogP contribution in [0.1, 0.15) is 43.4 Å². The number of carbonyl (C=O) groups excluding carboxylic acids is 2. The number of H-pyrrole nitrogens is 1. The third-order valence-electron chi connectivity index (χ3n) is 6.04. The van der Waals surface area contributed by atoms with Crippen LogP contribution >= 0.6 is 0 Å². The highest BCUT2D eigenvalue weighted by atomic mass is 16.2. The summed E-state index contributed by atoms with van der Waals surface area (Å²) in [5.41, 5.74) is 0.831. The lowest BCUT2D eigenvalue weighted by Crippen LogP contribution is -2.61. The van der Waals surface area contributed by atoms with Crippen LogP contribution < -0.4 is 5.56 Å².